The summed E-state index contributed by atoms with van der Waals surface area (Å²) in [5, 5.41) is 3.47. The standard InChI is InChI=1S/C14H20FN3/c1-9-13-7-16-5-11(13)8-18(9)10(2)14-4-3-12(15)6-17-14/h3-4,6,9-11,13,16H,5,7-8H2,1-2H3. The summed E-state index contributed by atoms with van der Waals surface area (Å²) in [6.45, 7) is 7.86. The summed E-state index contributed by atoms with van der Waals surface area (Å²) in [6.07, 6.45) is 1.31. The van der Waals surface area contributed by atoms with Crippen LogP contribution >= 0.6 is 0 Å². The number of rotatable bonds is 2. The molecule has 0 aliphatic carbocycles. The maximum Gasteiger partial charge on any atom is 0.141 e. The van der Waals surface area contributed by atoms with Crippen molar-refractivity contribution >= 4 is 0 Å². The molecule has 2 aliphatic heterocycles. The van der Waals surface area contributed by atoms with Crippen molar-refractivity contribution in [1.82, 2.24) is 15.2 Å². The highest BCUT2D eigenvalue weighted by Gasteiger charge is 2.43. The summed E-state index contributed by atoms with van der Waals surface area (Å²) in [5.41, 5.74) is 0.969. The summed E-state index contributed by atoms with van der Waals surface area (Å²) in [6, 6.07) is 4.15. The quantitative estimate of drug-likeness (QED) is 0.866. The van der Waals surface area contributed by atoms with E-state index in [0.717, 1.165) is 37.2 Å². The number of aromatic nitrogens is 1. The lowest BCUT2D eigenvalue weighted by molar-refractivity contribution is 0.179. The van der Waals surface area contributed by atoms with Crippen LogP contribution in [0.5, 0.6) is 0 Å². The highest BCUT2D eigenvalue weighted by molar-refractivity contribution is 5.11. The van der Waals surface area contributed by atoms with E-state index in [9.17, 15) is 4.39 Å². The van der Waals surface area contributed by atoms with Crippen molar-refractivity contribution in [2.24, 2.45) is 11.8 Å². The Morgan fingerprint density at radius 2 is 2.28 bits per heavy atom. The molecule has 3 heterocycles. The fourth-order valence-electron chi connectivity index (χ4n) is 3.52. The molecule has 4 atom stereocenters. The van der Waals surface area contributed by atoms with Crippen LogP contribution in [0, 0.1) is 17.7 Å². The minimum atomic E-state index is -0.263. The zero-order valence-corrected chi connectivity index (χ0v) is 10.9. The Morgan fingerprint density at radius 1 is 1.44 bits per heavy atom. The third-order valence-electron chi connectivity index (χ3n) is 4.66. The van der Waals surface area contributed by atoms with Gasteiger partial charge in [0.2, 0.25) is 0 Å². The maximum absolute atomic E-state index is 12.9. The molecule has 0 amide bonds. The average molecular weight is 249 g/mol. The number of pyridine rings is 1. The predicted octanol–water partition coefficient (Wildman–Crippen LogP) is 1.82. The molecule has 3 rings (SSSR count). The van der Waals surface area contributed by atoms with Gasteiger partial charge in [0.15, 0.2) is 0 Å². The van der Waals surface area contributed by atoms with Crippen LogP contribution in [0.3, 0.4) is 0 Å². The maximum atomic E-state index is 12.9. The number of halogens is 1. The first kappa shape index (κ1) is 12.1. The van der Waals surface area contributed by atoms with Gasteiger partial charge in [-0.15, -0.1) is 0 Å². The van der Waals surface area contributed by atoms with Crippen molar-refractivity contribution in [2.75, 3.05) is 19.6 Å². The van der Waals surface area contributed by atoms with E-state index < -0.39 is 0 Å². The molecule has 0 spiro atoms. The van der Waals surface area contributed by atoms with Crippen LogP contribution in [-0.4, -0.2) is 35.6 Å². The van der Waals surface area contributed by atoms with Gasteiger partial charge in [-0.3, -0.25) is 9.88 Å². The first-order valence-electron chi connectivity index (χ1n) is 6.74. The monoisotopic (exact) mass is 249 g/mol. The number of nitrogens with zero attached hydrogens (tertiary/aromatic N) is 2. The Balaban J connectivity index is 1.77. The molecule has 1 N–H and O–H groups in total. The van der Waals surface area contributed by atoms with Gasteiger partial charge < -0.3 is 5.32 Å². The normalized spacial score (nSPS) is 33.6. The van der Waals surface area contributed by atoms with Crippen LogP contribution in [0.15, 0.2) is 18.3 Å². The smallest absolute Gasteiger partial charge is 0.141 e. The third-order valence-corrected chi connectivity index (χ3v) is 4.66. The van der Waals surface area contributed by atoms with E-state index in [4.69, 9.17) is 0 Å². The lowest BCUT2D eigenvalue weighted by Gasteiger charge is -2.30. The Morgan fingerprint density at radius 3 is 2.94 bits per heavy atom. The molecular formula is C14H20FN3. The molecule has 2 fully saturated rings. The average Bonchev–Trinajstić information content (AvgIpc) is 2.93. The van der Waals surface area contributed by atoms with Crippen LogP contribution in [0.25, 0.3) is 0 Å². The van der Waals surface area contributed by atoms with Gasteiger partial charge in [-0.25, -0.2) is 4.39 Å². The molecule has 1 aromatic rings. The summed E-state index contributed by atoms with van der Waals surface area (Å²) < 4.78 is 12.9. The first-order valence-corrected chi connectivity index (χ1v) is 6.74. The number of hydrogen-bond donors (Lipinski definition) is 1. The van der Waals surface area contributed by atoms with Gasteiger partial charge >= 0.3 is 0 Å². The Labute approximate surface area is 107 Å². The zero-order valence-electron chi connectivity index (χ0n) is 10.9. The van der Waals surface area contributed by atoms with E-state index in [1.807, 2.05) is 0 Å². The lowest BCUT2D eigenvalue weighted by Crippen LogP contribution is -2.35. The highest BCUT2D eigenvalue weighted by atomic mass is 19.1. The van der Waals surface area contributed by atoms with Gasteiger partial charge in [0.05, 0.1) is 11.9 Å². The minimum absolute atomic E-state index is 0.263. The van der Waals surface area contributed by atoms with Crippen molar-refractivity contribution < 1.29 is 4.39 Å². The fourth-order valence-corrected chi connectivity index (χ4v) is 3.52. The van der Waals surface area contributed by atoms with Gasteiger partial charge in [0.1, 0.15) is 5.82 Å². The van der Waals surface area contributed by atoms with Crippen LogP contribution in [-0.2, 0) is 0 Å². The second-order valence-corrected chi connectivity index (χ2v) is 5.60. The Bertz CT molecular complexity index is 420. The van der Waals surface area contributed by atoms with E-state index in [2.05, 4.69) is 29.0 Å². The van der Waals surface area contributed by atoms with Crippen molar-refractivity contribution in [2.45, 2.75) is 25.9 Å². The van der Waals surface area contributed by atoms with Crippen LogP contribution in [0.2, 0.25) is 0 Å². The van der Waals surface area contributed by atoms with Gasteiger partial charge in [0, 0.05) is 18.6 Å². The number of hydrogen-bond acceptors (Lipinski definition) is 3. The third kappa shape index (κ3) is 1.93. The zero-order chi connectivity index (χ0) is 12.7. The number of nitrogens with one attached hydrogen (secondary N) is 1. The number of likely N-dealkylation sites (tertiary alicyclic amines) is 1. The summed E-state index contributed by atoms with van der Waals surface area (Å²) >= 11 is 0. The topological polar surface area (TPSA) is 28.2 Å². The van der Waals surface area contributed by atoms with Gasteiger partial charge in [0.25, 0.3) is 0 Å². The van der Waals surface area contributed by atoms with Gasteiger partial charge in [-0.05, 0) is 50.9 Å². The molecule has 3 nitrogen and oxygen atoms in total. The second kappa shape index (κ2) is 4.59. The molecule has 1 aromatic heterocycles. The van der Waals surface area contributed by atoms with E-state index in [-0.39, 0.29) is 11.9 Å². The van der Waals surface area contributed by atoms with Crippen molar-refractivity contribution in [1.29, 1.82) is 0 Å². The SMILES string of the molecule is CC(c1ccc(F)cn1)N1CC2CNCC2C1C. The van der Waals surface area contributed by atoms with Crippen molar-refractivity contribution in [3.63, 3.8) is 0 Å². The molecule has 0 saturated carbocycles. The van der Waals surface area contributed by atoms with Gasteiger partial charge in [-0.2, -0.15) is 0 Å². The molecule has 18 heavy (non-hydrogen) atoms. The van der Waals surface area contributed by atoms with E-state index >= 15 is 0 Å². The Hall–Kier alpha value is -1.00. The molecule has 0 bridgehead atoms. The lowest BCUT2D eigenvalue weighted by atomic mass is 9.95. The Kier molecular flexibility index (Phi) is 3.08. The van der Waals surface area contributed by atoms with Crippen LogP contribution < -0.4 is 5.32 Å². The fraction of sp³-hybridized carbons (Fsp3) is 0.643. The molecular weight excluding hydrogens is 229 g/mol. The molecule has 2 aliphatic rings. The summed E-state index contributed by atoms with van der Waals surface area (Å²) in [5.74, 6) is 1.26. The molecule has 2 saturated heterocycles. The van der Waals surface area contributed by atoms with E-state index in [0.29, 0.717) is 6.04 Å². The highest BCUT2D eigenvalue weighted by Crippen LogP contribution is 2.37. The predicted molar refractivity (Wildman–Crippen MR) is 68.6 cm³/mol. The summed E-state index contributed by atoms with van der Waals surface area (Å²) in [7, 11) is 0. The molecule has 0 aromatic carbocycles. The largest absolute Gasteiger partial charge is 0.316 e. The van der Waals surface area contributed by atoms with E-state index in [1.165, 1.54) is 12.3 Å². The van der Waals surface area contributed by atoms with E-state index in [1.54, 1.807) is 6.07 Å². The number of fused-ring (bicyclic) bond motifs is 1. The molecule has 98 valence electrons. The van der Waals surface area contributed by atoms with Crippen LogP contribution in [0.4, 0.5) is 4.39 Å². The minimum Gasteiger partial charge on any atom is -0.316 e. The molecule has 4 unspecified atom stereocenters. The molecule has 4 heteroatoms. The van der Waals surface area contributed by atoms with Crippen molar-refractivity contribution in [3.8, 4) is 0 Å². The molecule has 0 radical (unpaired) electrons. The summed E-state index contributed by atoms with van der Waals surface area (Å²) in [4.78, 5) is 6.73. The van der Waals surface area contributed by atoms with Crippen LogP contribution in [0.1, 0.15) is 25.6 Å². The second-order valence-electron chi connectivity index (χ2n) is 5.60. The van der Waals surface area contributed by atoms with Gasteiger partial charge in [-0.1, -0.05) is 0 Å². The van der Waals surface area contributed by atoms with Crippen molar-refractivity contribution in [3.05, 3.63) is 29.8 Å². The first-order chi connectivity index (χ1) is 8.66.